The van der Waals surface area contributed by atoms with Gasteiger partial charge in [-0.3, -0.25) is 0 Å². The Morgan fingerprint density at radius 2 is 2.00 bits per heavy atom. The molecular formula is C13H30N2O. The first-order chi connectivity index (χ1) is 7.67. The largest absolute Gasteiger partial charge is 0.385 e. The fraction of sp³-hybridized carbons (Fsp3) is 1.00. The summed E-state index contributed by atoms with van der Waals surface area (Å²) < 4.78 is 5.08. The number of nitrogens with one attached hydrogen (secondary N) is 1. The number of likely N-dealkylation sites (N-methyl/N-ethyl adjacent to an activating group) is 1. The molecule has 0 bridgehead atoms. The molecule has 0 aromatic heterocycles. The summed E-state index contributed by atoms with van der Waals surface area (Å²) in [5, 5.41) is 3.62. The number of ether oxygens (including phenoxy) is 1. The normalized spacial score (nSPS) is 15.4. The molecule has 3 heteroatoms. The third-order valence-corrected chi connectivity index (χ3v) is 3.23. The number of nitrogens with zero attached hydrogens (tertiary/aromatic N) is 1. The van der Waals surface area contributed by atoms with Gasteiger partial charge in [0.25, 0.3) is 0 Å². The summed E-state index contributed by atoms with van der Waals surface area (Å²) in [7, 11) is 3.97. The highest BCUT2D eigenvalue weighted by Crippen LogP contribution is 2.06. The summed E-state index contributed by atoms with van der Waals surface area (Å²) in [5.41, 5.74) is 0. The maximum absolute atomic E-state index is 5.08. The van der Waals surface area contributed by atoms with E-state index in [9.17, 15) is 0 Å². The van der Waals surface area contributed by atoms with Crippen molar-refractivity contribution < 1.29 is 4.74 Å². The van der Waals surface area contributed by atoms with Gasteiger partial charge in [0.1, 0.15) is 0 Å². The van der Waals surface area contributed by atoms with Crippen LogP contribution < -0.4 is 5.32 Å². The molecular weight excluding hydrogens is 200 g/mol. The highest BCUT2D eigenvalue weighted by Gasteiger charge is 2.18. The first-order valence-corrected chi connectivity index (χ1v) is 6.59. The van der Waals surface area contributed by atoms with Crippen LogP contribution in [0.15, 0.2) is 0 Å². The Labute approximate surface area is 102 Å². The smallest absolute Gasteiger partial charge is 0.0474 e. The zero-order chi connectivity index (χ0) is 12.4. The molecule has 0 aliphatic rings. The summed E-state index contributed by atoms with van der Waals surface area (Å²) in [4.78, 5) is 2.43. The van der Waals surface area contributed by atoms with E-state index in [-0.39, 0.29) is 0 Å². The van der Waals surface area contributed by atoms with Crippen LogP contribution in [0.1, 0.15) is 40.0 Å². The summed E-state index contributed by atoms with van der Waals surface area (Å²) in [6, 6.07) is 1.20. The van der Waals surface area contributed by atoms with Crippen molar-refractivity contribution in [3.63, 3.8) is 0 Å². The van der Waals surface area contributed by atoms with E-state index in [1.165, 1.54) is 12.8 Å². The van der Waals surface area contributed by atoms with Crippen LogP contribution >= 0.6 is 0 Å². The lowest BCUT2D eigenvalue weighted by Crippen LogP contribution is -2.47. The van der Waals surface area contributed by atoms with Gasteiger partial charge in [0.15, 0.2) is 0 Å². The summed E-state index contributed by atoms with van der Waals surface area (Å²) in [5.74, 6) is 0. The minimum atomic E-state index is 0.591. The second-order valence-corrected chi connectivity index (χ2v) is 4.54. The highest BCUT2D eigenvalue weighted by molar-refractivity contribution is 4.78. The predicted octanol–water partition coefficient (Wildman–Crippen LogP) is 2.12. The van der Waals surface area contributed by atoms with Gasteiger partial charge in [0.2, 0.25) is 0 Å². The maximum atomic E-state index is 5.08. The Balaban J connectivity index is 3.90. The molecule has 0 aromatic carbocycles. The van der Waals surface area contributed by atoms with Crippen LogP contribution in [0.3, 0.4) is 0 Å². The first kappa shape index (κ1) is 15.9. The van der Waals surface area contributed by atoms with E-state index < -0.39 is 0 Å². The molecule has 0 fully saturated rings. The van der Waals surface area contributed by atoms with Gasteiger partial charge in [-0.1, -0.05) is 13.8 Å². The molecule has 16 heavy (non-hydrogen) atoms. The quantitative estimate of drug-likeness (QED) is 0.582. The van der Waals surface area contributed by atoms with Crippen LogP contribution in [0.2, 0.25) is 0 Å². The van der Waals surface area contributed by atoms with Crippen molar-refractivity contribution in [1.82, 2.24) is 10.2 Å². The molecule has 0 spiro atoms. The molecule has 2 atom stereocenters. The molecule has 0 radical (unpaired) electrons. The monoisotopic (exact) mass is 230 g/mol. The van der Waals surface area contributed by atoms with Gasteiger partial charge in [-0.05, 0) is 39.8 Å². The van der Waals surface area contributed by atoms with Crippen LogP contribution in [0.25, 0.3) is 0 Å². The van der Waals surface area contributed by atoms with E-state index in [0.29, 0.717) is 12.1 Å². The summed E-state index contributed by atoms with van der Waals surface area (Å²) in [6.45, 7) is 9.87. The van der Waals surface area contributed by atoms with E-state index in [2.05, 4.69) is 38.0 Å². The van der Waals surface area contributed by atoms with Gasteiger partial charge in [-0.25, -0.2) is 0 Å². The van der Waals surface area contributed by atoms with Gasteiger partial charge in [0, 0.05) is 32.3 Å². The average molecular weight is 230 g/mol. The van der Waals surface area contributed by atoms with Crippen molar-refractivity contribution in [2.45, 2.75) is 52.1 Å². The minimum absolute atomic E-state index is 0.591. The second kappa shape index (κ2) is 10.1. The molecule has 0 rings (SSSR count). The van der Waals surface area contributed by atoms with Crippen LogP contribution in [-0.2, 0) is 4.74 Å². The Bertz CT molecular complexity index is 153. The molecule has 0 saturated heterocycles. The molecule has 1 N–H and O–H groups in total. The second-order valence-electron chi connectivity index (χ2n) is 4.54. The van der Waals surface area contributed by atoms with Crippen LogP contribution in [0.4, 0.5) is 0 Å². The molecule has 0 aliphatic heterocycles. The third kappa shape index (κ3) is 6.46. The number of hydrogen-bond acceptors (Lipinski definition) is 3. The topological polar surface area (TPSA) is 24.5 Å². The van der Waals surface area contributed by atoms with Crippen molar-refractivity contribution in [1.29, 1.82) is 0 Å². The molecule has 0 amide bonds. The Morgan fingerprint density at radius 1 is 1.31 bits per heavy atom. The highest BCUT2D eigenvalue weighted by atomic mass is 16.5. The third-order valence-electron chi connectivity index (χ3n) is 3.23. The van der Waals surface area contributed by atoms with Crippen molar-refractivity contribution in [2.75, 3.05) is 33.9 Å². The number of rotatable bonds is 10. The zero-order valence-corrected chi connectivity index (χ0v) is 11.8. The van der Waals surface area contributed by atoms with Gasteiger partial charge in [-0.15, -0.1) is 0 Å². The Hall–Kier alpha value is -0.120. The predicted molar refractivity (Wildman–Crippen MR) is 71.0 cm³/mol. The molecule has 3 nitrogen and oxygen atoms in total. The lowest BCUT2D eigenvalue weighted by molar-refractivity contribution is 0.154. The molecule has 0 saturated carbocycles. The van der Waals surface area contributed by atoms with Crippen molar-refractivity contribution in [3.8, 4) is 0 Å². The first-order valence-electron chi connectivity index (χ1n) is 6.59. The lowest BCUT2D eigenvalue weighted by atomic mass is 10.1. The fourth-order valence-electron chi connectivity index (χ4n) is 1.95. The van der Waals surface area contributed by atoms with Crippen molar-refractivity contribution in [3.05, 3.63) is 0 Å². The summed E-state index contributed by atoms with van der Waals surface area (Å²) in [6.07, 6.45) is 3.51. The van der Waals surface area contributed by atoms with Crippen molar-refractivity contribution >= 4 is 0 Å². The van der Waals surface area contributed by atoms with Crippen LogP contribution in [-0.4, -0.2) is 50.8 Å². The standard InChI is InChI=1S/C13H30N2O/c1-6-9-14-13(7-2)12(3)15(4)10-8-11-16-5/h12-14H,6-11H2,1-5H3. The molecule has 98 valence electrons. The number of hydrogen-bond donors (Lipinski definition) is 1. The van der Waals surface area contributed by atoms with Gasteiger partial charge < -0.3 is 15.0 Å². The zero-order valence-electron chi connectivity index (χ0n) is 11.8. The van der Waals surface area contributed by atoms with E-state index >= 15 is 0 Å². The van der Waals surface area contributed by atoms with E-state index in [0.717, 1.165) is 26.1 Å². The van der Waals surface area contributed by atoms with E-state index in [1.54, 1.807) is 7.11 Å². The fourth-order valence-corrected chi connectivity index (χ4v) is 1.95. The van der Waals surface area contributed by atoms with Crippen molar-refractivity contribution in [2.24, 2.45) is 0 Å². The van der Waals surface area contributed by atoms with Gasteiger partial charge in [-0.2, -0.15) is 0 Å². The van der Waals surface area contributed by atoms with E-state index in [1.807, 2.05) is 0 Å². The minimum Gasteiger partial charge on any atom is -0.385 e. The van der Waals surface area contributed by atoms with Crippen LogP contribution in [0.5, 0.6) is 0 Å². The lowest BCUT2D eigenvalue weighted by Gasteiger charge is -2.32. The molecule has 2 unspecified atom stereocenters. The van der Waals surface area contributed by atoms with E-state index in [4.69, 9.17) is 4.74 Å². The van der Waals surface area contributed by atoms with Gasteiger partial charge >= 0.3 is 0 Å². The summed E-state index contributed by atoms with van der Waals surface area (Å²) >= 11 is 0. The Morgan fingerprint density at radius 3 is 2.50 bits per heavy atom. The molecule has 0 heterocycles. The molecule has 0 aromatic rings. The SMILES string of the molecule is CCCNC(CC)C(C)N(C)CCCOC. The maximum Gasteiger partial charge on any atom is 0.0474 e. The van der Waals surface area contributed by atoms with Gasteiger partial charge in [0.05, 0.1) is 0 Å². The average Bonchev–Trinajstić information content (AvgIpc) is 2.30. The molecule has 0 aliphatic carbocycles. The Kier molecular flexibility index (Phi) is 9.99. The van der Waals surface area contributed by atoms with Crippen LogP contribution in [0, 0.1) is 0 Å². The number of methoxy groups -OCH3 is 1.